The first kappa shape index (κ1) is 19.0. The first-order valence-corrected chi connectivity index (χ1v) is 9.48. The fourth-order valence-corrected chi connectivity index (χ4v) is 3.43. The molecule has 2 N–H and O–H groups in total. The van der Waals surface area contributed by atoms with Crippen molar-refractivity contribution in [2.24, 2.45) is 5.41 Å². The van der Waals surface area contributed by atoms with Gasteiger partial charge in [-0.3, -0.25) is 0 Å². The molecule has 1 aliphatic carbocycles. The Morgan fingerprint density at radius 2 is 1.33 bits per heavy atom. The van der Waals surface area contributed by atoms with Gasteiger partial charge in [0.2, 0.25) is 0 Å². The van der Waals surface area contributed by atoms with E-state index in [1.165, 1.54) is 70.6 Å². The van der Waals surface area contributed by atoms with Crippen LogP contribution in [0.3, 0.4) is 0 Å². The number of nitrogens with one attached hydrogen (secondary N) is 1. The second kappa shape index (κ2) is 11.5. The second-order valence-corrected chi connectivity index (χ2v) is 7.83. The van der Waals surface area contributed by atoms with Crippen molar-refractivity contribution in [1.29, 1.82) is 0 Å². The molecule has 0 bridgehead atoms. The fourth-order valence-electron chi connectivity index (χ4n) is 3.43. The van der Waals surface area contributed by atoms with Crippen LogP contribution >= 0.6 is 0 Å². The van der Waals surface area contributed by atoms with Crippen molar-refractivity contribution in [3.63, 3.8) is 0 Å². The molecule has 0 spiro atoms. The van der Waals surface area contributed by atoms with Gasteiger partial charge < -0.3 is 10.4 Å². The highest BCUT2D eigenvalue weighted by Gasteiger charge is 2.19. The molecular weight excluding hydrogens is 258 g/mol. The highest BCUT2D eigenvalue weighted by atomic mass is 16.2. The average molecular weight is 298 g/mol. The van der Waals surface area contributed by atoms with Crippen LogP contribution in [-0.2, 0) is 0 Å². The van der Waals surface area contributed by atoms with E-state index in [0.29, 0.717) is 12.0 Å². The third-order valence-corrected chi connectivity index (χ3v) is 4.99. The lowest BCUT2D eigenvalue weighted by atomic mass is 9.87. The van der Waals surface area contributed by atoms with Crippen molar-refractivity contribution in [2.75, 3.05) is 13.2 Å². The maximum Gasteiger partial charge on any atom is 0.0431 e. The van der Waals surface area contributed by atoms with Gasteiger partial charge in [0.1, 0.15) is 0 Å². The molecule has 0 aromatic rings. The van der Waals surface area contributed by atoms with E-state index in [1.807, 2.05) is 0 Å². The summed E-state index contributed by atoms with van der Waals surface area (Å²) in [4.78, 5) is 0. The lowest BCUT2D eigenvalue weighted by Gasteiger charge is -2.28. The quantitative estimate of drug-likeness (QED) is 0.719. The molecule has 21 heavy (non-hydrogen) atoms. The second-order valence-electron chi connectivity index (χ2n) is 7.83. The summed E-state index contributed by atoms with van der Waals surface area (Å²) in [5.41, 5.74) is 0.312. The molecule has 0 amide bonds. The maximum absolute atomic E-state index is 9.00. The predicted molar refractivity (Wildman–Crippen MR) is 92.7 cm³/mol. The monoisotopic (exact) mass is 297 g/mol. The Labute approximate surface area is 133 Å². The summed E-state index contributed by atoms with van der Waals surface area (Å²) in [6.45, 7) is 6.07. The van der Waals surface area contributed by atoms with E-state index in [0.717, 1.165) is 25.4 Å². The zero-order chi connectivity index (χ0) is 15.4. The largest absolute Gasteiger partial charge is 0.396 e. The third-order valence-electron chi connectivity index (χ3n) is 4.99. The highest BCUT2D eigenvalue weighted by molar-refractivity contribution is 4.76. The van der Waals surface area contributed by atoms with Gasteiger partial charge >= 0.3 is 0 Å². The number of aliphatic hydroxyl groups excluding tert-OH is 1. The number of aliphatic hydroxyl groups is 1. The van der Waals surface area contributed by atoms with Crippen molar-refractivity contribution >= 4 is 0 Å². The third kappa shape index (κ3) is 10.3. The Morgan fingerprint density at radius 3 is 1.81 bits per heavy atom. The van der Waals surface area contributed by atoms with Gasteiger partial charge in [-0.15, -0.1) is 0 Å². The molecule has 1 saturated carbocycles. The molecule has 1 fully saturated rings. The molecule has 0 unspecified atom stereocenters. The van der Waals surface area contributed by atoms with E-state index in [1.54, 1.807) is 0 Å². The normalized spacial score (nSPS) is 20.7. The molecule has 2 heteroatoms. The Hall–Kier alpha value is -0.0800. The SMILES string of the molecule is CC(C)(CCCO)CNC1CCCCCCCCCCC1. The van der Waals surface area contributed by atoms with Gasteiger partial charge in [-0.1, -0.05) is 71.6 Å². The van der Waals surface area contributed by atoms with Crippen molar-refractivity contribution < 1.29 is 5.11 Å². The molecule has 1 aliphatic rings. The highest BCUT2D eigenvalue weighted by Crippen LogP contribution is 2.22. The molecule has 0 aliphatic heterocycles. The molecule has 0 heterocycles. The van der Waals surface area contributed by atoms with E-state index in [-0.39, 0.29) is 0 Å². The smallest absolute Gasteiger partial charge is 0.0431 e. The molecule has 0 aromatic carbocycles. The number of rotatable bonds is 6. The van der Waals surface area contributed by atoms with Crippen molar-refractivity contribution in [2.45, 2.75) is 103 Å². The minimum atomic E-state index is 0.312. The Bertz CT molecular complexity index is 228. The van der Waals surface area contributed by atoms with Crippen LogP contribution in [-0.4, -0.2) is 24.3 Å². The Balaban J connectivity index is 2.30. The van der Waals surface area contributed by atoms with Gasteiger partial charge in [-0.2, -0.15) is 0 Å². The first-order valence-electron chi connectivity index (χ1n) is 9.48. The molecular formula is C19H39NO. The van der Waals surface area contributed by atoms with Gasteiger partial charge in [-0.05, 0) is 31.1 Å². The van der Waals surface area contributed by atoms with E-state index in [2.05, 4.69) is 19.2 Å². The molecule has 0 radical (unpaired) electrons. The van der Waals surface area contributed by atoms with Gasteiger partial charge in [-0.25, -0.2) is 0 Å². The van der Waals surface area contributed by atoms with Crippen molar-refractivity contribution in [1.82, 2.24) is 5.32 Å². The summed E-state index contributed by atoms with van der Waals surface area (Å²) in [6.07, 6.45) is 17.6. The summed E-state index contributed by atoms with van der Waals surface area (Å²) in [5, 5.41) is 12.8. The molecule has 0 aromatic heterocycles. The lowest BCUT2D eigenvalue weighted by molar-refractivity contribution is 0.228. The molecule has 0 atom stereocenters. The molecule has 126 valence electrons. The number of hydrogen-bond donors (Lipinski definition) is 2. The molecule has 1 rings (SSSR count). The van der Waals surface area contributed by atoms with Crippen LogP contribution in [0.2, 0.25) is 0 Å². The van der Waals surface area contributed by atoms with Gasteiger partial charge in [0.25, 0.3) is 0 Å². The average Bonchev–Trinajstić information content (AvgIpc) is 2.45. The van der Waals surface area contributed by atoms with Crippen LogP contribution in [0, 0.1) is 5.41 Å². The molecule has 2 nitrogen and oxygen atoms in total. The standard InChI is InChI=1S/C19H39NO/c1-19(2,15-12-16-21)17-20-18-13-10-8-6-4-3-5-7-9-11-14-18/h18,20-21H,3-17H2,1-2H3. The van der Waals surface area contributed by atoms with Crippen LogP contribution in [0.5, 0.6) is 0 Å². The number of hydrogen-bond acceptors (Lipinski definition) is 2. The topological polar surface area (TPSA) is 32.3 Å². The van der Waals surface area contributed by atoms with Gasteiger partial charge in [0, 0.05) is 19.2 Å². The lowest BCUT2D eigenvalue weighted by Crippen LogP contribution is -2.37. The maximum atomic E-state index is 9.00. The van der Waals surface area contributed by atoms with Crippen LogP contribution in [0.15, 0.2) is 0 Å². The molecule has 0 saturated heterocycles. The van der Waals surface area contributed by atoms with Gasteiger partial charge in [0.15, 0.2) is 0 Å². The van der Waals surface area contributed by atoms with Crippen LogP contribution in [0.25, 0.3) is 0 Å². The van der Waals surface area contributed by atoms with E-state index in [9.17, 15) is 0 Å². The van der Waals surface area contributed by atoms with Crippen LogP contribution < -0.4 is 5.32 Å². The first-order chi connectivity index (χ1) is 10.1. The van der Waals surface area contributed by atoms with Crippen molar-refractivity contribution in [3.05, 3.63) is 0 Å². The summed E-state index contributed by atoms with van der Waals surface area (Å²) < 4.78 is 0. The minimum absolute atomic E-state index is 0.312. The Morgan fingerprint density at radius 1 is 0.857 bits per heavy atom. The predicted octanol–water partition coefficient (Wildman–Crippen LogP) is 5.05. The summed E-state index contributed by atoms with van der Waals surface area (Å²) in [6, 6.07) is 0.720. The zero-order valence-electron chi connectivity index (χ0n) is 14.6. The minimum Gasteiger partial charge on any atom is -0.396 e. The van der Waals surface area contributed by atoms with E-state index < -0.39 is 0 Å². The zero-order valence-corrected chi connectivity index (χ0v) is 14.6. The Kier molecular flexibility index (Phi) is 10.4. The summed E-state index contributed by atoms with van der Waals surface area (Å²) in [5.74, 6) is 0. The van der Waals surface area contributed by atoms with E-state index >= 15 is 0 Å². The van der Waals surface area contributed by atoms with E-state index in [4.69, 9.17) is 5.11 Å². The van der Waals surface area contributed by atoms with Crippen LogP contribution in [0.4, 0.5) is 0 Å². The van der Waals surface area contributed by atoms with Crippen LogP contribution in [0.1, 0.15) is 97.3 Å². The van der Waals surface area contributed by atoms with Gasteiger partial charge in [0.05, 0.1) is 0 Å². The fraction of sp³-hybridized carbons (Fsp3) is 1.00. The summed E-state index contributed by atoms with van der Waals surface area (Å²) in [7, 11) is 0. The van der Waals surface area contributed by atoms with Crippen molar-refractivity contribution in [3.8, 4) is 0 Å². The summed E-state index contributed by atoms with van der Waals surface area (Å²) >= 11 is 0.